The Bertz CT molecular complexity index is 301. The maximum absolute atomic E-state index is 12.6. The molecule has 0 fully saturated rings. The predicted molar refractivity (Wildman–Crippen MR) is 37.0 cm³/mol. The number of hydrogen-bond donors (Lipinski definition) is 1. The van der Waals surface area contributed by atoms with Gasteiger partial charge in [-0.1, -0.05) is 5.16 Å². The molecule has 1 rings (SSSR count). The fourth-order valence-electron chi connectivity index (χ4n) is 0.713. The van der Waals surface area contributed by atoms with E-state index in [1.165, 1.54) is 7.05 Å². The van der Waals surface area contributed by atoms with Crippen LogP contribution in [0.15, 0.2) is 4.52 Å². The van der Waals surface area contributed by atoms with Crippen LogP contribution >= 0.6 is 0 Å². The van der Waals surface area contributed by atoms with Crippen LogP contribution in [0.2, 0.25) is 0 Å². The Morgan fingerprint density at radius 3 is 2.64 bits per heavy atom. The highest BCUT2D eigenvalue weighted by molar-refractivity contribution is 4.95. The molecule has 0 aliphatic rings. The third-order valence-corrected chi connectivity index (χ3v) is 1.36. The molecule has 0 bridgehead atoms. The highest BCUT2D eigenvalue weighted by atomic mass is 19.3. The van der Waals surface area contributed by atoms with Crippen LogP contribution < -0.4 is 5.32 Å². The molecule has 0 unspecified atom stereocenters. The van der Waals surface area contributed by atoms with Gasteiger partial charge in [-0.3, -0.25) is 0 Å². The summed E-state index contributed by atoms with van der Waals surface area (Å²) in [5, 5.41) is 5.65. The van der Waals surface area contributed by atoms with Crippen LogP contribution in [-0.2, 0) is 12.5 Å². The first kappa shape index (κ1) is 10.9. The van der Waals surface area contributed by atoms with Crippen LogP contribution in [0, 0.1) is 0 Å². The summed E-state index contributed by atoms with van der Waals surface area (Å²) in [5.74, 6) is -5.85. The van der Waals surface area contributed by atoms with Gasteiger partial charge in [0, 0.05) is 0 Å². The van der Waals surface area contributed by atoms with E-state index in [4.69, 9.17) is 0 Å². The third-order valence-electron chi connectivity index (χ3n) is 1.36. The molecule has 0 aliphatic carbocycles. The number of halogens is 4. The molecule has 4 nitrogen and oxygen atoms in total. The molecule has 0 aliphatic heterocycles. The second kappa shape index (κ2) is 3.91. The van der Waals surface area contributed by atoms with E-state index in [1.54, 1.807) is 0 Å². The van der Waals surface area contributed by atoms with Crippen molar-refractivity contribution in [3.05, 3.63) is 11.7 Å². The standard InChI is InChI=1S/C6H7F4N3O/c1-11-2-3-12-5(14-13-3)6(9,10)4(7)8/h4,11H,2H2,1H3. The third kappa shape index (κ3) is 2.00. The molecule has 0 spiro atoms. The first-order valence-electron chi connectivity index (χ1n) is 3.62. The highest BCUT2D eigenvalue weighted by Crippen LogP contribution is 2.32. The lowest BCUT2D eigenvalue weighted by Gasteiger charge is -2.08. The second-order valence-electron chi connectivity index (χ2n) is 2.47. The molecule has 0 saturated carbocycles. The van der Waals surface area contributed by atoms with Crippen LogP contribution in [0.3, 0.4) is 0 Å². The van der Waals surface area contributed by atoms with Crippen molar-refractivity contribution in [3.63, 3.8) is 0 Å². The van der Waals surface area contributed by atoms with Crippen molar-refractivity contribution in [3.8, 4) is 0 Å². The molecular formula is C6H7F4N3O. The zero-order chi connectivity index (χ0) is 10.8. The van der Waals surface area contributed by atoms with E-state index in [0.717, 1.165) is 0 Å². The molecule has 0 radical (unpaired) electrons. The topological polar surface area (TPSA) is 51.0 Å². The highest BCUT2D eigenvalue weighted by Gasteiger charge is 2.48. The van der Waals surface area contributed by atoms with Gasteiger partial charge in [-0.05, 0) is 7.05 Å². The summed E-state index contributed by atoms with van der Waals surface area (Å²) in [7, 11) is 1.53. The lowest BCUT2D eigenvalue weighted by atomic mass is 10.3. The van der Waals surface area contributed by atoms with Crippen molar-refractivity contribution < 1.29 is 22.1 Å². The van der Waals surface area contributed by atoms with E-state index in [0.29, 0.717) is 0 Å². The van der Waals surface area contributed by atoms with Crippen LogP contribution in [0.5, 0.6) is 0 Å². The first-order valence-corrected chi connectivity index (χ1v) is 3.62. The molecule has 0 saturated heterocycles. The Balaban J connectivity index is 2.85. The monoisotopic (exact) mass is 213 g/mol. The second-order valence-corrected chi connectivity index (χ2v) is 2.47. The van der Waals surface area contributed by atoms with Crippen molar-refractivity contribution in [2.45, 2.75) is 18.9 Å². The summed E-state index contributed by atoms with van der Waals surface area (Å²) < 4.78 is 52.7. The number of hydrogen-bond acceptors (Lipinski definition) is 4. The fourth-order valence-corrected chi connectivity index (χ4v) is 0.713. The molecule has 0 atom stereocenters. The van der Waals surface area contributed by atoms with Gasteiger partial charge in [0.05, 0.1) is 6.54 Å². The summed E-state index contributed by atoms with van der Waals surface area (Å²) in [6.45, 7) is 0.0722. The number of rotatable bonds is 4. The lowest BCUT2D eigenvalue weighted by Crippen LogP contribution is -2.24. The van der Waals surface area contributed by atoms with E-state index in [-0.39, 0.29) is 12.4 Å². The van der Waals surface area contributed by atoms with Gasteiger partial charge >= 0.3 is 18.2 Å². The molecule has 0 amide bonds. The molecular weight excluding hydrogens is 206 g/mol. The van der Waals surface area contributed by atoms with Gasteiger partial charge < -0.3 is 9.84 Å². The quantitative estimate of drug-likeness (QED) is 0.762. The fraction of sp³-hybridized carbons (Fsp3) is 0.667. The predicted octanol–water partition coefficient (Wildman–Crippen LogP) is 1.15. The van der Waals surface area contributed by atoms with Crippen molar-refractivity contribution in [2.24, 2.45) is 0 Å². The van der Waals surface area contributed by atoms with Gasteiger partial charge in [0.15, 0.2) is 5.82 Å². The van der Waals surface area contributed by atoms with E-state index in [2.05, 4.69) is 20.0 Å². The Hall–Kier alpha value is -1.18. The molecule has 1 N–H and O–H groups in total. The summed E-state index contributed by atoms with van der Waals surface area (Å²) >= 11 is 0. The average molecular weight is 213 g/mol. The van der Waals surface area contributed by atoms with E-state index in [9.17, 15) is 17.6 Å². The van der Waals surface area contributed by atoms with Crippen LogP contribution in [-0.4, -0.2) is 23.6 Å². The maximum atomic E-state index is 12.6. The van der Waals surface area contributed by atoms with Crippen molar-refractivity contribution in [2.75, 3.05) is 7.05 Å². The summed E-state index contributed by atoms with van der Waals surface area (Å²) in [6, 6.07) is 0. The van der Waals surface area contributed by atoms with Gasteiger partial charge in [-0.15, -0.1) is 0 Å². The van der Waals surface area contributed by atoms with Crippen molar-refractivity contribution in [1.82, 2.24) is 15.5 Å². The van der Waals surface area contributed by atoms with E-state index < -0.39 is 18.2 Å². The Morgan fingerprint density at radius 1 is 1.50 bits per heavy atom. The van der Waals surface area contributed by atoms with Crippen LogP contribution in [0.25, 0.3) is 0 Å². The molecule has 1 aromatic heterocycles. The largest absolute Gasteiger partial charge is 0.383 e. The molecule has 1 heterocycles. The zero-order valence-electron chi connectivity index (χ0n) is 7.10. The Morgan fingerprint density at radius 2 is 2.14 bits per heavy atom. The van der Waals surface area contributed by atoms with Gasteiger partial charge in [0.2, 0.25) is 0 Å². The number of alkyl halides is 4. The number of aromatic nitrogens is 2. The molecule has 80 valence electrons. The first-order chi connectivity index (χ1) is 6.48. The number of nitrogens with one attached hydrogen (secondary N) is 1. The van der Waals surface area contributed by atoms with Gasteiger partial charge in [-0.2, -0.15) is 13.8 Å². The molecule has 1 aromatic rings. The summed E-state index contributed by atoms with van der Waals surface area (Å²) in [6.07, 6.45) is -3.86. The average Bonchev–Trinajstić information content (AvgIpc) is 2.53. The summed E-state index contributed by atoms with van der Waals surface area (Å²) in [4.78, 5) is 3.12. The minimum atomic E-state index is -4.39. The van der Waals surface area contributed by atoms with Crippen molar-refractivity contribution >= 4 is 0 Å². The van der Waals surface area contributed by atoms with Gasteiger partial charge in [0.25, 0.3) is 0 Å². The van der Waals surface area contributed by atoms with Crippen LogP contribution in [0.1, 0.15) is 11.7 Å². The smallest absolute Gasteiger partial charge is 0.332 e. The Labute approximate surface area is 76.3 Å². The normalized spacial score (nSPS) is 12.4. The minimum Gasteiger partial charge on any atom is -0.332 e. The van der Waals surface area contributed by atoms with Crippen LogP contribution in [0.4, 0.5) is 17.6 Å². The molecule has 0 aromatic carbocycles. The summed E-state index contributed by atoms with van der Waals surface area (Å²) in [5.41, 5.74) is 0. The Kier molecular flexibility index (Phi) is 3.04. The lowest BCUT2D eigenvalue weighted by molar-refractivity contribution is -0.152. The van der Waals surface area contributed by atoms with Gasteiger partial charge in [0.1, 0.15) is 0 Å². The maximum Gasteiger partial charge on any atom is 0.383 e. The molecule has 14 heavy (non-hydrogen) atoms. The van der Waals surface area contributed by atoms with E-state index >= 15 is 0 Å². The van der Waals surface area contributed by atoms with E-state index in [1.807, 2.05) is 0 Å². The zero-order valence-corrected chi connectivity index (χ0v) is 7.10. The molecule has 8 heteroatoms. The van der Waals surface area contributed by atoms with Crippen molar-refractivity contribution in [1.29, 1.82) is 0 Å². The number of nitrogens with zero attached hydrogens (tertiary/aromatic N) is 2. The SMILES string of the molecule is CNCc1noc(C(F)(F)C(F)F)n1. The minimum absolute atomic E-state index is 0.0722. The van der Waals surface area contributed by atoms with Gasteiger partial charge in [-0.25, -0.2) is 8.78 Å².